The van der Waals surface area contributed by atoms with Crippen molar-refractivity contribution in [3.05, 3.63) is 60.2 Å². The van der Waals surface area contributed by atoms with Gasteiger partial charge in [-0.05, 0) is 77.1 Å². The van der Waals surface area contributed by atoms with Gasteiger partial charge in [0.25, 0.3) is 0 Å². The Kier molecular flexibility index (Phi) is 4.34. The number of hydrogen-bond acceptors (Lipinski definition) is 4. The lowest BCUT2D eigenvalue weighted by Crippen LogP contribution is -2.69. The van der Waals surface area contributed by atoms with Crippen molar-refractivity contribution in [2.45, 2.75) is 70.2 Å². The van der Waals surface area contributed by atoms with E-state index in [0.717, 1.165) is 19.3 Å². The molecule has 1 saturated carbocycles. The molecule has 4 nitrogen and oxygen atoms in total. The zero-order valence-corrected chi connectivity index (χ0v) is 19.6. The third kappa shape index (κ3) is 2.72. The Hall–Kier alpha value is -1.98. The van der Waals surface area contributed by atoms with Gasteiger partial charge in [-0.25, -0.2) is 9.78 Å². The first-order valence-corrected chi connectivity index (χ1v) is 12.6. The molecule has 1 spiro atoms. The van der Waals surface area contributed by atoms with E-state index in [2.05, 4.69) is 68.4 Å². The molecule has 5 aliphatic rings. The van der Waals surface area contributed by atoms with Crippen molar-refractivity contribution in [2.75, 3.05) is 0 Å². The van der Waals surface area contributed by atoms with E-state index in [4.69, 9.17) is 19.2 Å². The summed E-state index contributed by atoms with van der Waals surface area (Å²) >= 11 is 0. The van der Waals surface area contributed by atoms with Crippen LogP contribution < -0.4 is 0 Å². The Labute approximate surface area is 195 Å². The first kappa shape index (κ1) is 20.4. The maximum absolute atomic E-state index is 6.97. The molecule has 8 rings (SSSR count). The first-order valence-electron chi connectivity index (χ1n) is 12.6. The molecule has 0 amide bonds. The van der Waals surface area contributed by atoms with Crippen LogP contribution >= 0.6 is 0 Å². The normalized spacial score (nSPS) is 42.3. The van der Waals surface area contributed by atoms with Crippen molar-refractivity contribution in [1.29, 1.82) is 0 Å². The highest BCUT2D eigenvalue weighted by Crippen LogP contribution is 2.62. The van der Waals surface area contributed by atoms with Gasteiger partial charge in [-0.3, -0.25) is 0 Å². The Bertz CT molecular complexity index is 1240. The maximum Gasteiger partial charge on any atom is 0.201 e. The Balaban J connectivity index is 1.41. The SMILES string of the molecule is C[C@H]1[C@@H](c2cc3ccccc3c3ccccc23)O[C@@H]2O[C@@]3(C)CC[C@H]4[C@H](C)CC[C@@H]1[C@@]24OO3. The number of ether oxygens (including phenoxy) is 2. The molecular formula is C29H32O4. The molecule has 1 aliphatic carbocycles. The molecule has 172 valence electrons. The van der Waals surface area contributed by atoms with Gasteiger partial charge in [0, 0.05) is 12.3 Å². The van der Waals surface area contributed by atoms with Crippen molar-refractivity contribution < 1.29 is 19.2 Å². The minimum absolute atomic E-state index is 0.0549. The summed E-state index contributed by atoms with van der Waals surface area (Å²) < 4.78 is 13.6. The summed E-state index contributed by atoms with van der Waals surface area (Å²) in [5.74, 6) is 0.840. The maximum atomic E-state index is 6.97. The zero-order chi connectivity index (χ0) is 22.4. The average Bonchev–Trinajstić information content (AvgIpc) is 3.07. The Morgan fingerprint density at radius 3 is 2.42 bits per heavy atom. The smallest absolute Gasteiger partial charge is 0.201 e. The fourth-order valence-corrected chi connectivity index (χ4v) is 7.58. The van der Waals surface area contributed by atoms with Crippen molar-refractivity contribution >= 4 is 21.5 Å². The highest BCUT2D eigenvalue weighted by atomic mass is 17.3. The summed E-state index contributed by atoms with van der Waals surface area (Å²) in [5, 5.41) is 5.10. The van der Waals surface area contributed by atoms with Gasteiger partial charge in [-0.2, -0.15) is 0 Å². The molecule has 4 saturated heterocycles. The van der Waals surface area contributed by atoms with Crippen LogP contribution in [0.4, 0.5) is 0 Å². The molecule has 0 radical (unpaired) electrons. The number of rotatable bonds is 1. The second kappa shape index (κ2) is 7.02. The van der Waals surface area contributed by atoms with Gasteiger partial charge in [0.15, 0.2) is 11.9 Å². The lowest BCUT2D eigenvalue weighted by molar-refractivity contribution is -0.571. The number of hydrogen-bond donors (Lipinski definition) is 0. The zero-order valence-electron chi connectivity index (χ0n) is 19.6. The minimum atomic E-state index is -0.742. The Morgan fingerprint density at radius 2 is 1.58 bits per heavy atom. The van der Waals surface area contributed by atoms with E-state index in [1.165, 1.54) is 33.5 Å². The van der Waals surface area contributed by atoms with Crippen LogP contribution in [0.5, 0.6) is 0 Å². The van der Waals surface area contributed by atoms with E-state index in [1.54, 1.807) is 0 Å². The molecule has 0 aromatic heterocycles. The molecule has 3 aromatic rings. The van der Waals surface area contributed by atoms with E-state index >= 15 is 0 Å². The molecule has 2 bridgehead atoms. The fraction of sp³-hybridized carbons (Fsp3) is 0.517. The third-order valence-electron chi connectivity index (χ3n) is 9.26. The van der Waals surface area contributed by atoms with Crippen LogP contribution in [0.3, 0.4) is 0 Å². The second-order valence-corrected chi connectivity index (χ2v) is 11.1. The van der Waals surface area contributed by atoms with E-state index in [9.17, 15) is 0 Å². The summed E-state index contributed by atoms with van der Waals surface area (Å²) in [4.78, 5) is 12.3. The molecule has 0 N–H and O–H groups in total. The summed E-state index contributed by atoms with van der Waals surface area (Å²) in [5.41, 5.74) is 0.743. The largest absolute Gasteiger partial charge is 0.341 e. The van der Waals surface area contributed by atoms with Gasteiger partial charge in [-0.1, -0.05) is 62.4 Å². The lowest BCUT2D eigenvalue weighted by atomic mass is 9.57. The van der Waals surface area contributed by atoms with Crippen LogP contribution in [0.25, 0.3) is 21.5 Å². The second-order valence-electron chi connectivity index (χ2n) is 11.1. The van der Waals surface area contributed by atoms with Gasteiger partial charge in [0.1, 0.15) is 0 Å². The van der Waals surface area contributed by atoms with Crippen LogP contribution in [0, 0.1) is 23.7 Å². The van der Waals surface area contributed by atoms with Crippen molar-refractivity contribution in [2.24, 2.45) is 23.7 Å². The van der Waals surface area contributed by atoms with E-state index < -0.39 is 17.7 Å². The van der Waals surface area contributed by atoms with Gasteiger partial charge in [0.05, 0.1) is 6.10 Å². The summed E-state index contributed by atoms with van der Waals surface area (Å²) in [6, 6.07) is 19.7. The summed E-state index contributed by atoms with van der Waals surface area (Å²) in [6.07, 6.45) is 3.77. The van der Waals surface area contributed by atoms with E-state index in [-0.39, 0.29) is 12.0 Å². The molecule has 3 aromatic carbocycles. The minimum Gasteiger partial charge on any atom is -0.341 e. The molecule has 0 unspecified atom stereocenters. The Morgan fingerprint density at radius 1 is 0.818 bits per heavy atom. The number of benzene rings is 3. The van der Waals surface area contributed by atoms with Crippen LogP contribution in [-0.4, -0.2) is 17.7 Å². The molecule has 4 heterocycles. The highest BCUT2D eigenvalue weighted by Gasteiger charge is 2.69. The number of fused-ring (bicyclic) bond motifs is 5. The molecule has 5 fully saturated rings. The standard InChI is InChI=1S/C29H32O4/c1-17-12-13-25-18(2)26(30-27-29(25)24(17)14-15-28(3,31-27)32-33-29)23-16-19-8-4-5-9-20(19)21-10-6-7-11-22(21)23/h4-11,16-18,24-27H,12-15H2,1-3H3/t17-,18-,24+,25+,26+,27-,28-,29-/m1/s1. The van der Waals surface area contributed by atoms with E-state index in [1.807, 2.05) is 6.92 Å². The molecule has 8 atom stereocenters. The van der Waals surface area contributed by atoms with Crippen LogP contribution in [0.1, 0.15) is 58.1 Å². The lowest BCUT2D eigenvalue weighted by Gasteiger charge is -2.60. The van der Waals surface area contributed by atoms with Crippen molar-refractivity contribution in [3.63, 3.8) is 0 Å². The topological polar surface area (TPSA) is 36.9 Å². The summed E-state index contributed by atoms with van der Waals surface area (Å²) in [6.45, 7) is 6.71. The third-order valence-corrected chi connectivity index (χ3v) is 9.26. The summed E-state index contributed by atoms with van der Waals surface area (Å²) in [7, 11) is 0. The van der Waals surface area contributed by atoms with Gasteiger partial charge in [0.2, 0.25) is 5.79 Å². The van der Waals surface area contributed by atoms with E-state index in [0.29, 0.717) is 17.8 Å². The predicted molar refractivity (Wildman–Crippen MR) is 127 cm³/mol. The van der Waals surface area contributed by atoms with Gasteiger partial charge in [-0.15, -0.1) is 0 Å². The average molecular weight is 445 g/mol. The fourth-order valence-electron chi connectivity index (χ4n) is 7.58. The van der Waals surface area contributed by atoms with Crippen LogP contribution in [0.15, 0.2) is 54.6 Å². The highest BCUT2D eigenvalue weighted by molar-refractivity contribution is 6.09. The van der Waals surface area contributed by atoms with Crippen LogP contribution in [-0.2, 0) is 19.2 Å². The monoisotopic (exact) mass is 444 g/mol. The molecule has 4 heteroatoms. The van der Waals surface area contributed by atoms with Crippen molar-refractivity contribution in [1.82, 2.24) is 0 Å². The molecule has 33 heavy (non-hydrogen) atoms. The molecule has 4 aliphatic heterocycles. The van der Waals surface area contributed by atoms with Crippen molar-refractivity contribution in [3.8, 4) is 0 Å². The van der Waals surface area contributed by atoms with Gasteiger partial charge >= 0.3 is 0 Å². The quantitative estimate of drug-likeness (QED) is 0.302. The van der Waals surface area contributed by atoms with Gasteiger partial charge < -0.3 is 9.47 Å². The first-order chi connectivity index (χ1) is 16.0. The van der Waals surface area contributed by atoms with Crippen LogP contribution in [0.2, 0.25) is 0 Å². The molecular weight excluding hydrogens is 412 g/mol. The predicted octanol–water partition coefficient (Wildman–Crippen LogP) is 6.92.